The van der Waals surface area contributed by atoms with Gasteiger partial charge in [0.2, 0.25) is 5.78 Å². The fraction of sp³-hybridized carbons (Fsp3) is 0.241. The van der Waals surface area contributed by atoms with Crippen LogP contribution in [0.15, 0.2) is 48.2 Å². The van der Waals surface area contributed by atoms with Gasteiger partial charge >= 0.3 is 5.97 Å². The highest BCUT2D eigenvalue weighted by molar-refractivity contribution is 6.15. The summed E-state index contributed by atoms with van der Waals surface area (Å²) in [5.74, 6) is 2.12. The molecule has 0 N–H and O–H groups in total. The van der Waals surface area contributed by atoms with Crippen molar-refractivity contribution in [2.24, 2.45) is 0 Å². The molecule has 38 heavy (non-hydrogen) atoms. The van der Waals surface area contributed by atoms with Crippen molar-refractivity contribution < 1.29 is 42.7 Å². The predicted molar refractivity (Wildman–Crippen MR) is 137 cm³/mol. The number of hydrogen-bond donors (Lipinski definition) is 0. The molecule has 0 bridgehead atoms. The highest BCUT2D eigenvalue weighted by Crippen LogP contribution is 2.52. The number of rotatable bonds is 7. The average Bonchev–Trinajstić information content (AvgIpc) is 3.26. The first-order valence-electron chi connectivity index (χ1n) is 11.8. The molecule has 0 aromatic heterocycles. The Balaban J connectivity index is 1.62. The number of ketones is 1. The number of carbonyl (C=O) groups excluding carboxylic acids is 2. The Morgan fingerprint density at radius 1 is 0.737 bits per heavy atom. The maximum absolute atomic E-state index is 13.4. The van der Waals surface area contributed by atoms with Gasteiger partial charge in [-0.2, -0.15) is 0 Å². The van der Waals surface area contributed by atoms with Gasteiger partial charge in [0.25, 0.3) is 0 Å². The lowest BCUT2D eigenvalue weighted by molar-refractivity contribution is -0.135. The zero-order valence-corrected chi connectivity index (χ0v) is 21.6. The van der Waals surface area contributed by atoms with Crippen LogP contribution < -0.4 is 33.2 Å². The Hall–Kier alpha value is -4.66. The van der Waals surface area contributed by atoms with E-state index in [0.717, 1.165) is 0 Å². The lowest BCUT2D eigenvalue weighted by Gasteiger charge is -2.28. The van der Waals surface area contributed by atoms with E-state index in [4.69, 9.17) is 33.2 Å². The minimum atomic E-state index is -0.524. The molecule has 3 aromatic carbocycles. The molecule has 0 saturated carbocycles. The third kappa shape index (κ3) is 4.15. The van der Waals surface area contributed by atoms with Crippen LogP contribution in [0.3, 0.4) is 0 Å². The van der Waals surface area contributed by atoms with Gasteiger partial charge in [-0.05, 0) is 42.0 Å². The Labute approximate surface area is 219 Å². The van der Waals surface area contributed by atoms with E-state index in [1.54, 1.807) is 55.7 Å². The predicted octanol–water partition coefficient (Wildman–Crippen LogP) is 4.79. The largest absolute Gasteiger partial charge is 0.496 e. The molecule has 2 aliphatic heterocycles. The molecule has 0 aliphatic carbocycles. The summed E-state index contributed by atoms with van der Waals surface area (Å²) in [4.78, 5) is 26.0. The second kappa shape index (κ2) is 10.0. The maximum Gasteiger partial charge on any atom is 0.312 e. The zero-order chi connectivity index (χ0) is 27.0. The molecule has 9 heteroatoms. The van der Waals surface area contributed by atoms with Gasteiger partial charge in [0.15, 0.2) is 28.8 Å². The van der Waals surface area contributed by atoms with Crippen LogP contribution in [0, 0.1) is 0 Å². The summed E-state index contributed by atoms with van der Waals surface area (Å²) in [6.45, 7) is 0. The smallest absolute Gasteiger partial charge is 0.312 e. The normalized spacial score (nSPS) is 16.8. The van der Waals surface area contributed by atoms with Gasteiger partial charge in [0.05, 0.1) is 47.5 Å². The number of carbonyl (C=O) groups is 2. The number of ether oxygens (including phenoxy) is 7. The van der Waals surface area contributed by atoms with E-state index in [2.05, 4.69) is 0 Å². The Morgan fingerprint density at radius 3 is 2.08 bits per heavy atom. The monoisotopic (exact) mass is 518 g/mol. The lowest BCUT2D eigenvalue weighted by Crippen LogP contribution is -2.22. The molecule has 2 heterocycles. The van der Waals surface area contributed by atoms with Crippen molar-refractivity contribution in [2.45, 2.75) is 12.3 Å². The average molecular weight is 519 g/mol. The van der Waals surface area contributed by atoms with Gasteiger partial charge in [0.1, 0.15) is 17.2 Å². The van der Waals surface area contributed by atoms with Gasteiger partial charge < -0.3 is 33.2 Å². The minimum Gasteiger partial charge on any atom is -0.496 e. The van der Waals surface area contributed by atoms with Gasteiger partial charge in [-0.3, -0.25) is 9.59 Å². The highest BCUT2D eigenvalue weighted by atomic mass is 16.5. The summed E-state index contributed by atoms with van der Waals surface area (Å²) in [5.41, 5.74) is 2.32. The molecule has 3 aromatic rings. The summed E-state index contributed by atoms with van der Waals surface area (Å²) >= 11 is 0. The summed E-state index contributed by atoms with van der Waals surface area (Å²) in [6.07, 6.45) is 1.65. The Bertz CT molecular complexity index is 1470. The van der Waals surface area contributed by atoms with Crippen molar-refractivity contribution in [2.75, 3.05) is 35.5 Å². The van der Waals surface area contributed by atoms with Crippen LogP contribution in [0.1, 0.15) is 39.4 Å². The molecule has 1 atom stereocenters. The van der Waals surface area contributed by atoms with E-state index in [-0.39, 0.29) is 18.0 Å². The number of allylic oxidation sites excluding steroid dienone is 1. The molecule has 5 rings (SSSR count). The van der Waals surface area contributed by atoms with E-state index in [1.165, 1.54) is 28.4 Å². The van der Waals surface area contributed by atoms with Crippen molar-refractivity contribution >= 4 is 17.8 Å². The second-order valence-electron chi connectivity index (χ2n) is 8.59. The minimum absolute atomic E-state index is 0.0154. The molecule has 196 valence electrons. The van der Waals surface area contributed by atoms with Crippen molar-refractivity contribution in [3.05, 3.63) is 70.5 Å². The first-order valence-corrected chi connectivity index (χ1v) is 11.8. The van der Waals surface area contributed by atoms with Crippen LogP contribution in [0.25, 0.3) is 6.08 Å². The highest BCUT2D eigenvalue weighted by Gasteiger charge is 2.39. The van der Waals surface area contributed by atoms with Crippen LogP contribution in [-0.4, -0.2) is 47.3 Å². The third-order valence-electron chi connectivity index (χ3n) is 6.60. The van der Waals surface area contributed by atoms with Gasteiger partial charge in [-0.15, -0.1) is 0 Å². The van der Waals surface area contributed by atoms with Crippen LogP contribution in [0.2, 0.25) is 0 Å². The Morgan fingerprint density at radius 2 is 1.39 bits per heavy atom. The molecule has 2 aliphatic rings. The molecular formula is C29H26O9. The summed E-state index contributed by atoms with van der Waals surface area (Å²) < 4.78 is 38.9. The van der Waals surface area contributed by atoms with Crippen LogP contribution in [-0.2, 0) is 4.79 Å². The first kappa shape index (κ1) is 25.0. The second-order valence-corrected chi connectivity index (χ2v) is 8.59. The quantitative estimate of drug-likeness (QED) is 0.248. The van der Waals surface area contributed by atoms with Crippen molar-refractivity contribution in [3.63, 3.8) is 0 Å². The maximum atomic E-state index is 13.4. The number of hydrogen-bond acceptors (Lipinski definition) is 9. The van der Waals surface area contributed by atoms with Crippen LogP contribution >= 0.6 is 0 Å². The number of fused-ring (bicyclic) bond motifs is 3. The van der Waals surface area contributed by atoms with Crippen molar-refractivity contribution in [1.29, 1.82) is 0 Å². The van der Waals surface area contributed by atoms with Crippen molar-refractivity contribution in [3.8, 4) is 40.2 Å². The molecule has 0 fully saturated rings. The third-order valence-corrected chi connectivity index (χ3v) is 6.60. The van der Waals surface area contributed by atoms with Crippen LogP contribution in [0.5, 0.6) is 40.2 Å². The van der Waals surface area contributed by atoms with E-state index in [0.29, 0.717) is 62.5 Å². The summed E-state index contributed by atoms with van der Waals surface area (Å²) in [6, 6.07) is 12.0. The molecular weight excluding hydrogens is 492 g/mol. The topological polar surface area (TPSA) is 98.8 Å². The van der Waals surface area contributed by atoms with Crippen LogP contribution in [0.4, 0.5) is 0 Å². The number of esters is 1. The van der Waals surface area contributed by atoms with E-state index in [1.807, 2.05) is 0 Å². The van der Waals surface area contributed by atoms with Gasteiger partial charge in [0, 0.05) is 23.1 Å². The fourth-order valence-corrected chi connectivity index (χ4v) is 4.79. The lowest BCUT2D eigenvalue weighted by atomic mass is 9.84. The standard InChI is InChI=1S/C29H26O9/c1-32-19-8-6-15(10-22(19)34-3)11-25-28(31)16-7-9-20-27(29(16)38-25)18(13-26(30)37-20)17-12-23(35-4)24(36-5)14-21(17)33-2/h6-12,14,18H,13H2,1-5H3/b25-11-/t18-/m1/s1. The van der Waals surface area contributed by atoms with Gasteiger partial charge in [-0.1, -0.05) is 6.07 Å². The molecule has 0 spiro atoms. The number of methoxy groups -OCH3 is 5. The Kier molecular flexibility index (Phi) is 6.59. The molecule has 9 nitrogen and oxygen atoms in total. The summed E-state index contributed by atoms with van der Waals surface area (Å²) in [7, 11) is 7.69. The van der Waals surface area contributed by atoms with E-state index >= 15 is 0 Å². The zero-order valence-electron chi connectivity index (χ0n) is 21.6. The first-order chi connectivity index (χ1) is 18.4. The molecule has 0 unspecified atom stereocenters. The molecule has 0 radical (unpaired) electrons. The molecule has 0 saturated heterocycles. The number of Topliss-reactive ketones (excluding diaryl/α,β-unsaturated/α-hetero) is 1. The van der Waals surface area contributed by atoms with E-state index in [9.17, 15) is 9.59 Å². The van der Waals surface area contributed by atoms with Crippen molar-refractivity contribution in [1.82, 2.24) is 0 Å². The molecule has 0 amide bonds. The SMILES string of the molecule is COc1ccc(/C=C2\Oc3c(ccc4c3[C@@H](c3cc(OC)c(OC)cc3OC)CC(=O)O4)C2=O)cc1OC. The summed E-state index contributed by atoms with van der Waals surface area (Å²) in [5, 5.41) is 0. The van der Waals surface area contributed by atoms with E-state index < -0.39 is 11.9 Å². The number of benzene rings is 3. The fourth-order valence-electron chi connectivity index (χ4n) is 4.79. The van der Waals surface area contributed by atoms with Gasteiger partial charge in [-0.25, -0.2) is 0 Å².